The first-order valence-electron chi connectivity index (χ1n) is 14.7. The van der Waals surface area contributed by atoms with Crippen LogP contribution in [0.15, 0.2) is 0 Å². The SMILES string of the molecule is CN1CNNC1CC1(C2CCCC(N3CC4C(CC(N5CCC(C(F)F)C5)CC4C(F)(F)F)C3=O)C2)COC1. The maximum atomic E-state index is 14.3. The number of rotatable bonds is 6. The Bertz CT molecular complexity index is 904. The van der Waals surface area contributed by atoms with E-state index in [0.29, 0.717) is 38.5 Å². The van der Waals surface area contributed by atoms with Crippen molar-refractivity contribution in [3.05, 3.63) is 0 Å². The minimum Gasteiger partial charge on any atom is -0.380 e. The molecule has 0 radical (unpaired) electrons. The Hall–Kier alpha value is -1.08. The Labute approximate surface area is 227 Å². The lowest BCUT2D eigenvalue weighted by Crippen LogP contribution is -2.56. The quantitative estimate of drug-likeness (QED) is 0.484. The minimum atomic E-state index is -4.41. The van der Waals surface area contributed by atoms with Crippen molar-refractivity contribution < 1.29 is 31.5 Å². The van der Waals surface area contributed by atoms with Crippen LogP contribution in [0.1, 0.15) is 51.4 Å². The molecule has 6 rings (SSSR count). The van der Waals surface area contributed by atoms with Crippen molar-refractivity contribution in [2.75, 3.05) is 46.6 Å². The van der Waals surface area contributed by atoms with Crippen LogP contribution in [0.5, 0.6) is 0 Å². The highest BCUT2D eigenvalue weighted by atomic mass is 19.4. The Kier molecular flexibility index (Phi) is 7.65. The van der Waals surface area contributed by atoms with E-state index in [0.717, 1.165) is 38.8 Å². The van der Waals surface area contributed by atoms with Crippen LogP contribution >= 0.6 is 0 Å². The molecule has 0 spiro atoms. The van der Waals surface area contributed by atoms with Crippen LogP contribution in [0.4, 0.5) is 22.0 Å². The number of hydrogen-bond acceptors (Lipinski definition) is 6. The fourth-order valence-corrected chi connectivity index (χ4v) is 8.73. The van der Waals surface area contributed by atoms with Gasteiger partial charge in [-0.1, -0.05) is 6.42 Å². The highest BCUT2D eigenvalue weighted by Gasteiger charge is 2.59. The van der Waals surface area contributed by atoms with Crippen molar-refractivity contribution >= 4 is 5.91 Å². The molecule has 12 heteroatoms. The predicted molar refractivity (Wildman–Crippen MR) is 133 cm³/mol. The van der Waals surface area contributed by atoms with Gasteiger partial charge in [0.25, 0.3) is 0 Å². The maximum absolute atomic E-state index is 14.3. The number of nitrogens with one attached hydrogen (secondary N) is 2. The van der Waals surface area contributed by atoms with Crippen molar-refractivity contribution in [1.29, 1.82) is 0 Å². The van der Waals surface area contributed by atoms with Gasteiger partial charge in [-0.3, -0.25) is 14.6 Å². The van der Waals surface area contributed by atoms with Crippen molar-refractivity contribution in [2.45, 2.75) is 82.2 Å². The van der Waals surface area contributed by atoms with Gasteiger partial charge in [-0.05, 0) is 70.4 Å². The smallest absolute Gasteiger partial charge is 0.380 e. The zero-order chi connectivity index (χ0) is 27.5. The molecule has 4 saturated heterocycles. The fourth-order valence-electron chi connectivity index (χ4n) is 8.73. The van der Waals surface area contributed by atoms with Gasteiger partial charge in [-0.2, -0.15) is 13.2 Å². The standard InChI is InChI=1S/C27H42F5N5O2/c1-35-15-33-34-23(35)10-26(13-39-14-26)17-3-2-4-18(7-17)37-12-21-20(25(37)38)8-19(9-22(21)27(30,31)32)36-6-5-16(11-36)24(28)29/h16-24,33-34H,2-15H2,1H3. The van der Waals surface area contributed by atoms with E-state index in [4.69, 9.17) is 4.74 Å². The summed E-state index contributed by atoms with van der Waals surface area (Å²) in [4.78, 5) is 19.6. The first-order valence-corrected chi connectivity index (χ1v) is 14.7. The maximum Gasteiger partial charge on any atom is 0.392 e. The summed E-state index contributed by atoms with van der Waals surface area (Å²) in [5.74, 6) is -3.56. The van der Waals surface area contributed by atoms with Gasteiger partial charge in [0, 0.05) is 42.4 Å². The zero-order valence-corrected chi connectivity index (χ0v) is 22.6. The number of halogens is 5. The molecule has 6 fully saturated rings. The Morgan fingerprint density at radius 2 is 1.87 bits per heavy atom. The highest BCUT2D eigenvalue weighted by Crippen LogP contribution is 2.52. The number of hydrazine groups is 1. The van der Waals surface area contributed by atoms with Crippen LogP contribution in [-0.4, -0.2) is 98.0 Å². The van der Waals surface area contributed by atoms with Gasteiger partial charge in [0.05, 0.1) is 32.0 Å². The van der Waals surface area contributed by atoms with E-state index >= 15 is 0 Å². The molecule has 39 heavy (non-hydrogen) atoms. The van der Waals surface area contributed by atoms with E-state index in [1.807, 2.05) is 4.90 Å². The summed E-state index contributed by atoms with van der Waals surface area (Å²) in [6, 6.07) is -0.515. The number of carbonyl (C=O) groups excluding carboxylic acids is 1. The molecule has 6 aliphatic rings. The summed E-state index contributed by atoms with van der Waals surface area (Å²) in [7, 11) is 2.07. The molecule has 0 aromatic heterocycles. The molecule has 2 N–H and O–H groups in total. The third-order valence-corrected chi connectivity index (χ3v) is 11.1. The molecule has 1 amide bonds. The summed E-state index contributed by atoms with van der Waals surface area (Å²) >= 11 is 0. The normalized spacial score (nSPS) is 41.8. The summed E-state index contributed by atoms with van der Waals surface area (Å²) in [6.07, 6.45) is -1.54. The number of carbonyl (C=O) groups is 1. The van der Waals surface area contributed by atoms with Crippen molar-refractivity contribution in [2.24, 2.45) is 35.0 Å². The fraction of sp³-hybridized carbons (Fsp3) is 0.963. The number of ether oxygens (including phenoxy) is 1. The van der Waals surface area contributed by atoms with E-state index in [-0.39, 0.29) is 43.0 Å². The van der Waals surface area contributed by atoms with E-state index in [2.05, 4.69) is 22.8 Å². The van der Waals surface area contributed by atoms with E-state index in [1.165, 1.54) is 0 Å². The zero-order valence-electron chi connectivity index (χ0n) is 22.6. The molecule has 4 aliphatic heterocycles. The first kappa shape index (κ1) is 28.1. The topological polar surface area (TPSA) is 60.1 Å². The molecule has 8 unspecified atom stereocenters. The molecule has 4 heterocycles. The van der Waals surface area contributed by atoms with Crippen LogP contribution < -0.4 is 10.9 Å². The van der Waals surface area contributed by atoms with E-state index in [1.54, 1.807) is 4.90 Å². The number of fused-ring (bicyclic) bond motifs is 1. The number of alkyl halides is 5. The van der Waals surface area contributed by atoms with Crippen molar-refractivity contribution in [3.63, 3.8) is 0 Å². The highest BCUT2D eigenvalue weighted by molar-refractivity contribution is 5.82. The summed E-state index contributed by atoms with van der Waals surface area (Å²) < 4.78 is 75.3. The van der Waals surface area contributed by atoms with Crippen molar-refractivity contribution in [3.8, 4) is 0 Å². The molecule has 0 aromatic rings. The lowest BCUT2D eigenvalue weighted by atomic mass is 9.64. The van der Waals surface area contributed by atoms with Gasteiger partial charge >= 0.3 is 6.18 Å². The Morgan fingerprint density at radius 3 is 2.49 bits per heavy atom. The van der Waals surface area contributed by atoms with Crippen LogP contribution in [-0.2, 0) is 9.53 Å². The first-order chi connectivity index (χ1) is 18.6. The molecule has 8 atom stereocenters. The van der Waals surface area contributed by atoms with Gasteiger partial charge in [0.15, 0.2) is 0 Å². The monoisotopic (exact) mass is 563 g/mol. The molecule has 0 bridgehead atoms. The van der Waals surface area contributed by atoms with Gasteiger partial charge in [-0.25, -0.2) is 19.6 Å². The summed E-state index contributed by atoms with van der Waals surface area (Å²) in [6.45, 7) is 2.80. The van der Waals surface area contributed by atoms with Gasteiger partial charge in [0.2, 0.25) is 12.3 Å². The van der Waals surface area contributed by atoms with Crippen molar-refractivity contribution in [1.82, 2.24) is 25.6 Å². The summed E-state index contributed by atoms with van der Waals surface area (Å²) in [5, 5.41) is 0. The lowest BCUT2D eigenvalue weighted by Gasteiger charge is -2.52. The average molecular weight is 564 g/mol. The van der Waals surface area contributed by atoms with Gasteiger partial charge in [0.1, 0.15) is 0 Å². The molecular formula is C27H42F5N5O2. The second kappa shape index (κ2) is 10.6. The number of hydrogen-bond donors (Lipinski definition) is 2. The molecular weight excluding hydrogens is 521 g/mol. The van der Waals surface area contributed by atoms with Crippen LogP contribution in [0, 0.1) is 35.0 Å². The Balaban J connectivity index is 1.16. The minimum absolute atomic E-state index is 0.0166. The second-order valence-electron chi connectivity index (χ2n) is 13.2. The predicted octanol–water partition coefficient (Wildman–Crippen LogP) is 3.28. The van der Waals surface area contributed by atoms with E-state index in [9.17, 15) is 26.7 Å². The van der Waals surface area contributed by atoms with Crippen LogP contribution in [0.25, 0.3) is 0 Å². The molecule has 7 nitrogen and oxygen atoms in total. The molecule has 0 aromatic carbocycles. The van der Waals surface area contributed by atoms with Gasteiger partial charge < -0.3 is 9.64 Å². The third-order valence-electron chi connectivity index (χ3n) is 11.1. The largest absolute Gasteiger partial charge is 0.392 e. The molecule has 2 saturated carbocycles. The number of likely N-dealkylation sites (tertiary alicyclic amines) is 2. The third kappa shape index (κ3) is 5.21. The molecule has 222 valence electrons. The number of amides is 1. The van der Waals surface area contributed by atoms with E-state index < -0.39 is 42.3 Å². The Morgan fingerprint density at radius 1 is 1.08 bits per heavy atom. The molecule has 2 aliphatic carbocycles. The second-order valence-corrected chi connectivity index (χ2v) is 13.2. The lowest BCUT2D eigenvalue weighted by molar-refractivity contribution is -0.204. The summed E-state index contributed by atoms with van der Waals surface area (Å²) in [5.41, 5.74) is 6.53. The van der Waals surface area contributed by atoms with Crippen LogP contribution in [0.2, 0.25) is 0 Å². The van der Waals surface area contributed by atoms with Crippen LogP contribution in [0.3, 0.4) is 0 Å². The average Bonchev–Trinajstić information content (AvgIpc) is 3.60. The van der Waals surface area contributed by atoms with Gasteiger partial charge in [-0.15, -0.1) is 0 Å². The number of nitrogens with zero attached hydrogens (tertiary/aromatic N) is 3.